The summed E-state index contributed by atoms with van der Waals surface area (Å²) < 4.78 is 3.05. The Labute approximate surface area is 132 Å². The highest BCUT2D eigenvalue weighted by Crippen LogP contribution is 2.28. The molecule has 2 heterocycles. The third-order valence-electron chi connectivity index (χ3n) is 3.30. The van der Waals surface area contributed by atoms with Gasteiger partial charge in [-0.15, -0.1) is 11.3 Å². The Morgan fingerprint density at radius 2 is 2.30 bits per heavy atom. The zero-order chi connectivity index (χ0) is 14.5. The summed E-state index contributed by atoms with van der Waals surface area (Å²) in [6.07, 6.45) is 5.04. The summed E-state index contributed by atoms with van der Waals surface area (Å²) in [5.41, 5.74) is 4.07. The first-order valence-corrected chi connectivity index (χ1v) is 8.52. The van der Waals surface area contributed by atoms with E-state index in [9.17, 15) is 0 Å². The van der Waals surface area contributed by atoms with E-state index in [0.29, 0.717) is 6.04 Å². The van der Waals surface area contributed by atoms with Gasteiger partial charge in [0.2, 0.25) is 0 Å². The number of nitrogens with zero attached hydrogens (tertiary/aromatic N) is 2. The highest BCUT2D eigenvalue weighted by atomic mass is 79.9. The number of aromatic nitrogens is 2. The van der Waals surface area contributed by atoms with Gasteiger partial charge in [0.25, 0.3) is 0 Å². The first-order valence-electron chi connectivity index (χ1n) is 6.85. The number of aryl methyl sites for hydroxylation is 1. The average Bonchev–Trinajstić information content (AvgIpc) is 3.04. The van der Waals surface area contributed by atoms with Gasteiger partial charge in [0.1, 0.15) is 0 Å². The first-order chi connectivity index (χ1) is 9.63. The number of hydrogen-bond acceptors (Lipinski definition) is 4. The van der Waals surface area contributed by atoms with Crippen molar-refractivity contribution < 1.29 is 0 Å². The number of rotatable bonds is 7. The van der Waals surface area contributed by atoms with Crippen molar-refractivity contribution in [1.82, 2.24) is 15.2 Å². The molecule has 6 heteroatoms. The van der Waals surface area contributed by atoms with Crippen molar-refractivity contribution >= 4 is 27.3 Å². The predicted octanol–water partition coefficient (Wildman–Crippen LogP) is 3.82. The van der Waals surface area contributed by atoms with Crippen molar-refractivity contribution in [2.45, 2.75) is 45.2 Å². The van der Waals surface area contributed by atoms with Crippen LogP contribution in [0.4, 0.5) is 0 Å². The lowest BCUT2D eigenvalue weighted by atomic mass is 10.1. The van der Waals surface area contributed by atoms with Gasteiger partial charge in [-0.05, 0) is 60.5 Å². The molecule has 3 N–H and O–H groups in total. The maximum Gasteiger partial charge on any atom is 0.0712 e. The highest BCUT2D eigenvalue weighted by molar-refractivity contribution is 9.10. The van der Waals surface area contributed by atoms with Crippen LogP contribution in [0.25, 0.3) is 0 Å². The standard InChI is InChI=1S/C14H21BrN4S/c1-10(2)19-14(12(15)9-17-19)13(18-16)7-3-5-11-6-4-8-20-11/h4,6,8-10,13,18H,3,5,7,16H2,1-2H3. The monoisotopic (exact) mass is 356 g/mol. The molecule has 0 saturated carbocycles. The van der Waals surface area contributed by atoms with Gasteiger partial charge in [0.15, 0.2) is 0 Å². The van der Waals surface area contributed by atoms with Crippen LogP contribution < -0.4 is 11.3 Å². The third kappa shape index (κ3) is 3.69. The maximum absolute atomic E-state index is 5.75. The number of nitrogens with one attached hydrogen (secondary N) is 1. The molecule has 2 aromatic heterocycles. The largest absolute Gasteiger partial charge is 0.271 e. The fourth-order valence-corrected chi connectivity index (χ4v) is 3.62. The molecule has 1 atom stereocenters. The molecule has 0 fully saturated rings. The molecule has 0 radical (unpaired) electrons. The molecule has 0 aliphatic carbocycles. The van der Waals surface area contributed by atoms with Crippen LogP contribution in [0.3, 0.4) is 0 Å². The van der Waals surface area contributed by atoms with Crippen LogP contribution >= 0.6 is 27.3 Å². The molecule has 0 aliphatic rings. The summed E-state index contributed by atoms with van der Waals surface area (Å²) in [5, 5.41) is 6.54. The van der Waals surface area contributed by atoms with Gasteiger partial charge < -0.3 is 0 Å². The second-order valence-corrected chi connectivity index (χ2v) is 6.99. The quantitative estimate of drug-likeness (QED) is 0.585. The van der Waals surface area contributed by atoms with E-state index < -0.39 is 0 Å². The van der Waals surface area contributed by atoms with E-state index in [-0.39, 0.29) is 6.04 Å². The molecule has 1 unspecified atom stereocenters. The second kappa shape index (κ2) is 7.36. The van der Waals surface area contributed by atoms with Crippen molar-refractivity contribution in [3.05, 3.63) is 38.8 Å². The summed E-state index contributed by atoms with van der Waals surface area (Å²) in [5.74, 6) is 5.75. The summed E-state index contributed by atoms with van der Waals surface area (Å²) in [6.45, 7) is 4.25. The normalized spacial score (nSPS) is 13.1. The van der Waals surface area contributed by atoms with Crippen molar-refractivity contribution in [3.8, 4) is 0 Å². The Hall–Kier alpha value is -0.690. The second-order valence-electron chi connectivity index (χ2n) is 5.11. The Bertz CT molecular complexity index is 521. The summed E-state index contributed by atoms with van der Waals surface area (Å²) >= 11 is 5.39. The Kier molecular flexibility index (Phi) is 5.77. The molecule has 110 valence electrons. The van der Waals surface area contributed by atoms with E-state index >= 15 is 0 Å². The fourth-order valence-electron chi connectivity index (χ4n) is 2.32. The van der Waals surface area contributed by atoms with E-state index in [4.69, 9.17) is 5.84 Å². The molecule has 0 saturated heterocycles. The Morgan fingerprint density at radius 1 is 1.50 bits per heavy atom. The predicted molar refractivity (Wildman–Crippen MR) is 87.6 cm³/mol. The lowest BCUT2D eigenvalue weighted by molar-refractivity contribution is 0.425. The van der Waals surface area contributed by atoms with Crippen LogP contribution in [0.5, 0.6) is 0 Å². The van der Waals surface area contributed by atoms with E-state index in [1.165, 1.54) is 4.88 Å². The van der Waals surface area contributed by atoms with Crippen LogP contribution in [0.2, 0.25) is 0 Å². The molecular weight excluding hydrogens is 336 g/mol. The van der Waals surface area contributed by atoms with Gasteiger partial charge in [0.05, 0.1) is 22.4 Å². The number of hydrazine groups is 1. The number of nitrogens with two attached hydrogens (primary N) is 1. The number of hydrogen-bond donors (Lipinski definition) is 2. The topological polar surface area (TPSA) is 55.9 Å². The van der Waals surface area contributed by atoms with Gasteiger partial charge in [-0.1, -0.05) is 6.07 Å². The lowest BCUT2D eigenvalue weighted by Crippen LogP contribution is -2.30. The van der Waals surface area contributed by atoms with Crippen molar-refractivity contribution in [2.75, 3.05) is 0 Å². The van der Waals surface area contributed by atoms with Crippen LogP contribution in [0.15, 0.2) is 28.2 Å². The molecule has 2 aromatic rings. The molecule has 0 spiro atoms. The van der Waals surface area contributed by atoms with Crippen molar-refractivity contribution in [1.29, 1.82) is 0 Å². The Morgan fingerprint density at radius 3 is 2.90 bits per heavy atom. The smallest absolute Gasteiger partial charge is 0.0712 e. The minimum atomic E-state index is 0.120. The lowest BCUT2D eigenvalue weighted by Gasteiger charge is -2.20. The number of halogens is 1. The summed E-state index contributed by atoms with van der Waals surface area (Å²) in [7, 11) is 0. The summed E-state index contributed by atoms with van der Waals surface area (Å²) in [6, 6.07) is 4.73. The van der Waals surface area contributed by atoms with E-state index in [0.717, 1.165) is 29.4 Å². The van der Waals surface area contributed by atoms with Gasteiger partial charge in [0, 0.05) is 10.9 Å². The van der Waals surface area contributed by atoms with Crippen molar-refractivity contribution in [3.63, 3.8) is 0 Å². The van der Waals surface area contributed by atoms with E-state index in [1.54, 1.807) is 0 Å². The third-order valence-corrected chi connectivity index (χ3v) is 4.85. The van der Waals surface area contributed by atoms with Gasteiger partial charge in [-0.3, -0.25) is 16.0 Å². The molecule has 0 aliphatic heterocycles. The SMILES string of the molecule is CC(C)n1ncc(Br)c1C(CCCc1cccs1)NN. The minimum absolute atomic E-state index is 0.120. The van der Waals surface area contributed by atoms with Crippen LogP contribution in [0, 0.1) is 0 Å². The zero-order valence-electron chi connectivity index (χ0n) is 11.8. The molecule has 0 bridgehead atoms. The molecular formula is C14H21BrN4S. The van der Waals surface area contributed by atoms with Crippen LogP contribution in [0.1, 0.15) is 49.3 Å². The van der Waals surface area contributed by atoms with Crippen molar-refractivity contribution in [2.24, 2.45) is 5.84 Å². The molecule has 0 aromatic carbocycles. The molecule has 2 rings (SSSR count). The molecule has 0 amide bonds. The zero-order valence-corrected chi connectivity index (χ0v) is 14.2. The van der Waals surface area contributed by atoms with Crippen LogP contribution in [-0.4, -0.2) is 9.78 Å². The van der Waals surface area contributed by atoms with Gasteiger partial charge >= 0.3 is 0 Å². The van der Waals surface area contributed by atoms with Gasteiger partial charge in [-0.25, -0.2) is 0 Å². The van der Waals surface area contributed by atoms with E-state index in [2.05, 4.69) is 57.8 Å². The van der Waals surface area contributed by atoms with Crippen LogP contribution in [-0.2, 0) is 6.42 Å². The first kappa shape index (κ1) is 15.7. The fraction of sp³-hybridized carbons (Fsp3) is 0.500. The van der Waals surface area contributed by atoms with Gasteiger partial charge in [-0.2, -0.15) is 5.10 Å². The average molecular weight is 357 g/mol. The number of thiophene rings is 1. The molecule has 4 nitrogen and oxygen atoms in total. The Balaban J connectivity index is 2.02. The molecule has 20 heavy (non-hydrogen) atoms. The summed E-state index contributed by atoms with van der Waals surface area (Å²) in [4.78, 5) is 1.43. The highest BCUT2D eigenvalue weighted by Gasteiger charge is 2.20. The minimum Gasteiger partial charge on any atom is -0.271 e. The van der Waals surface area contributed by atoms with E-state index in [1.807, 2.05) is 22.2 Å². The maximum atomic E-state index is 5.75.